The van der Waals surface area contributed by atoms with E-state index in [1.807, 2.05) is 0 Å². The molecule has 0 radical (unpaired) electrons. The fraction of sp³-hybridized carbons (Fsp3) is 0.312. The summed E-state index contributed by atoms with van der Waals surface area (Å²) >= 11 is 0. The minimum Gasteiger partial charge on any atom is -0.394 e. The molecule has 1 aliphatic heterocycles. The van der Waals surface area contributed by atoms with Crippen LogP contribution < -0.4 is 0 Å². The van der Waals surface area contributed by atoms with Crippen LogP contribution >= 0.6 is 0 Å². The van der Waals surface area contributed by atoms with E-state index in [9.17, 15) is 9.18 Å². The summed E-state index contributed by atoms with van der Waals surface area (Å²) in [6, 6.07) is 9.78. The number of fused-ring (bicyclic) bond motifs is 1. The zero-order valence-corrected chi connectivity index (χ0v) is 11.5. The molecule has 4 nitrogen and oxygen atoms in total. The first-order valence-electron chi connectivity index (χ1n) is 6.89. The lowest BCUT2D eigenvalue weighted by atomic mass is 10.0. The molecule has 1 amide bonds. The molecule has 1 N–H and O–H groups in total. The smallest absolute Gasteiger partial charge is 0.254 e. The van der Waals surface area contributed by atoms with Crippen molar-refractivity contribution >= 4 is 16.7 Å². The number of rotatable bonds is 2. The minimum absolute atomic E-state index is 0.117. The average molecular weight is 289 g/mol. The number of benzene rings is 2. The van der Waals surface area contributed by atoms with Crippen LogP contribution in [0.2, 0.25) is 0 Å². The van der Waals surface area contributed by atoms with E-state index >= 15 is 0 Å². The quantitative estimate of drug-likeness (QED) is 0.917. The van der Waals surface area contributed by atoms with Crippen molar-refractivity contribution in [3.8, 4) is 0 Å². The maximum Gasteiger partial charge on any atom is 0.254 e. The number of morpholine rings is 1. The van der Waals surface area contributed by atoms with Gasteiger partial charge in [-0.05, 0) is 17.5 Å². The van der Waals surface area contributed by atoms with Crippen molar-refractivity contribution in [3.63, 3.8) is 0 Å². The Kier molecular flexibility index (Phi) is 3.86. The van der Waals surface area contributed by atoms with E-state index in [0.717, 1.165) is 0 Å². The average Bonchev–Trinajstić information content (AvgIpc) is 2.55. The van der Waals surface area contributed by atoms with Crippen molar-refractivity contribution in [3.05, 3.63) is 47.8 Å². The summed E-state index contributed by atoms with van der Waals surface area (Å²) in [6.07, 6.45) is -0.352. The second kappa shape index (κ2) is 5.79. The van der Waals surface area contributed by atoms with Crippen LogP contribution in [0.3, 0.4) is 0 Å². The molecule has 0 spiro atoms. The van der Waals surface area contributed by atoms with Crippen molar-refractivity contribution in [2.24, 2.45) is 0 Å². The van der Waals surface area contributed by atoms with Crippen molar-refractivity contribution in [1.82, 2.24) is 4.90 Å². The van der Waals surface area contributed by atoms with E-state index in [1.54, 1.807) is 29.2 Å². The molecule has 110 valence electrons. The normalized spacial score (nSPS) is 19.0. The Labute approximate surface area is 121 Å². The minimum atomic E-state index is -0.352. The second-order valence-electron chi connectivity index (χ2n) is 5.07. The van der Waals surface area contributed by atoms with E-state index in [1.165, 1.54) is 12.1 Å². The maximum absolute atomic E-state index is 13.8. The summed E-state index contributed by atoms with van der Waals surface area (Å²) < 4.78 is 19.2. The molecule has 2 aromatic carbocycles. The molecule has 0 bridgehead atoms. The first-order chi connectivity index (χ1) is 10.2. The Hall–Kier alpha value is -1.98. The Bertz CT molecular complexity index is 674. The molecule has 3 rings (SSSR count). The highest BCUT2D eigenvalue weighted by Gasteiger charge is 2.25. The summed E-state index contributed by atoms with van der Waals surface area (Å²) in [7, 11) is 0. The van der Waals surface area contributed by atoms with Crippen LogP contribution in [0.5, 0.6) is 0 Å². The number of hydrogen-bond acceptors (Lipinski definition) is 3. The van der Waals surface area contributed by atoms with Gasteiger partial charge in [0.15, 0.2) is 0 Å². The van der Waals surface area contributed by atoms with Gasteiger partial charge in [0.1, 0.15) is 5.82 Å². The molecule has 1 unspecified atom stereocenters. The number of amides is 1. The first-order valence-corrected chi connectivity index (χ1v) is 6.89. The van der Waals surface area contributed by atoms with Gasteiger partial charge in [0, 0.05) is 24.0 Å². The first kappa shape index (κ1) is 14.0. The number of halogens is 1. The number of carbonyl (C=O) groups excluding carboxylic acids is 1. The van der Waals surface area contributed by atoms with Gasteiger partial charge in [0.2, 0.25) is 0 Å². The highest BCUT2D eigenvalue weighted by atomic mass is 19.1. The molecule has 0 aliphatic carbocycles. The summed E-state index contributed by atoms with van der Waals surface area (Å²) in [5, 5.41) is 10.2. The van der Waals surface area contributed by atoms with E-state index in [0.29, 0.717) is 36.0 Å². The van der Waals surface area contributed by atoms with Gasteiger partial charge in [-0.1, -0.05) is 24.3 Å². The predicted molar refractivity (Wildman–Crippen MR) is 76.6 cm³/mol. The predicted octanol–water partition coefficient (Wildman–Crippen LogP) is 1.81. The van der Waals surface area contributed by atoms with Gasteiger partial charge in [-0.3, -0.25) is 4.79 Å². The lowest BCUT2D eigenvalue weighted by Crippen LogP contribution is -2.46. The number of aliphatic hydroxyl groups excluding tert-OH is 1. The molecular weight excluding hydrogens is 273 g/mol. The number of nitrogens with zero attached hydrogens (tertiary/aromatic N) is 1. The van der Waals surface area contributed by atoms with Crippen LogP contribution in [0, 0.1) is 5.82 Å². The largest absolute Gasteiger partial charge is 0.394 e. The number of ether oxygens (including phenoxy) is 1. The molecule has 1 aliphatic rings. The SMILES string of the molecule is O=C(c1ccc(F)c2ccccc12)N1CCOC(CO)C1. The number of aliphatic hydroxyl groups is 1. The Morgan fingerprint density at radius 2 is 2.05 bits per heavy atom. The van der Waals surface area contributed by atoms with Crippen LogP contribution in [0.1, 0.15) is 10.4 Å². The summed E-state index contributed by atoms with van der Waals surface area (Å²) in [5.74, 6) is -0.495. The lowest BCUT2D eigenvalue weighted by molar-refractivity contribution is -0.0446. The van der Waals surface area contributed by atoms with Gasteiger partial charge < -0.3 is 14.7 Å². The molecule has 5 heteroatoms. The van der Waals surface area contributed by atoms with Crippen LogP contribution in [-0.4, -0.2) is 48.3 Å². The van der Waals surface area contributed by atoms with Crippen molar-refractivity contribution < 1.29 is 19.0 Å². The van der Waals surface area contributed by atoms with E-state index < -0.39 is 0 Å². The fourth-order valence-corrected chi connectivity index (χ4v) is 2.63. The fourth-order valence-electron chi connectivity index (χ4n) is 2.63. The molecule has 0 aromatic heterocycles. The molecule has 1 atom stereocenters. The number of carbonyl (C=O) groups is 1. The topological polar surface area (TPSA) is 49.8 Å². The van der Waals surface area contributed by atoms with E-state index in [2.05, 4.69) is 0 Å². The van der Waals surface area contributed by atoms with Gasteiger partial charge in [-0.2, -0.15) is 0 Å². The third-order valence-electron chi connectivity index (χ3n) is 3.73. The lowest BCUT2D eigenvalue weighted by Gasteiger charge is -2.32. The third-order valence-corrected chi connectivity index (χ3v) is 3.73. The van der Waals surface area contributed by atoms with Gasteiger partial charge in [-0.25, -0.2) is 4.39 Å². The molecular formula is C16H16FNO3. The highest BCUT2D eigenvalue weighted by Crippen LogP contribution is 2.23. The molecule has 1 heterocycles. The molecule has 1 saturated heterocycles. The van der Waals surface area contributed by atoms with Gasteiger partial charge in [0.25, 0.3) is 5.91 Å². The Balaban J connectivity index is 1.96. The van der Waals surface area contributed by atoms with Crippen LogP contribution in [0.15, 0.2) is 36.4 Å². The van der Waals surface area contributed by atoms with Crippen molar-refractivity contribution in [1.29, 1.82) is 0 Å². The monoisotopic (exact) mass is 289 g/mol. The second-order valence-corrected chi connectivity index (χ2v) is 5.07. The standard InChI is InChI=1S/C16H16FNO3/c17-15-6-5-14(12-3-1-2-4-13(12)15)16(20)18-7-8-21-11(9-18)10-19/h1-6,11,19H,7-10H2. The van der Waals surface area contributed by atoms with Gasteiger partial charge in [-0.15, -0.1) is 0 Å². The number of hydrogen-bond donors (Lipinski definition) is 1. The van der Waals surface area contributed by atoms with Crippen LogP contribution in [-0.2, 0) is 4.74 Å². The highest BCUT2D eigenvalue weighted by molar-refractivity contribution is 6.07. The Morgan fingerprint density at radius 1 is 1.29 bits per heavy atom. The van der Waals surface area contributed by atoms with E-state index in [4.69, 9.17) is 9.84 Å². The zero-order chi connectivity index (χ0) is 14.8. The van der Waals surface area contributed by atoms with Crippen LogP contribution in [0.4, 0.5) is 4.39 Å². The molecule has 21 heavy (non-hydrogen) atoms. The molecule has 2 aromatic rings. The molecule has 0 saturated carbocycles. The zero-order valence-electron chi connectivity index (χ0n) is 11.5. The van der Waals surface area contributed by atoms with Gasteiger partial charge in [0.05, 0.1) is 19.3 Å². The van der Waals surface area contributed by atoms with Crippen LogP contribution in [0.25, 0.3) is 10.8 Å². The van der Waals surface area contributed by atoms with Gasteiger partial charge >= 0.3 is 0 Å². The third kappa shape index (κ3) is 2.62. The summed E-state index contributed by atoms with van der Waals surface area (Å²) in [5.41, 5.74) is 0.477. The van der Waals surface area contributed by atoms with Crippen molar-refractivity contribution in [2.45, 2.75) is 6.10 Å². The van der Waals surface area contributed by atoms with E-state index in [-0.39, 0.29) is 24.4 Å². The molecule has 1 fully saturated rings. The van der Waals surface area contributed by atoms with Crippen molar-refractivity contribution in [2.75, 3.05) is 26.3 Å². The summed E-state index contributed by atoms with van der Waals surface area (Å²) in [6.45, 7) is 1.10. The summed E-state index contributed by atoms with van der Waals surface area (Å²) in [4.78, 5) is 14.3. The Morgan fingerprint density at radius 3 is 2.81 bits per heavy atom. The maximum atomic E-state index is 13.8.